The number of ether oxygens (including phenoxy) is 1. The Balaban J connectivity index is 2.02. The SMILES string of the molecule is O=C1COCC(=O)N1CC1(O)CCCCCC1. The van der Waals surface area contributed by atoms with Gasteiger partial charge in [-0.1, -0.05) is 25.7 Å². The summed E-state index contributed by atoms with van der Waals surface area (Å²) in [5.41, 5.74) is -0.890. The van der Waals surface area contributed by atoms with Gasteiger partial charge in [-0.3, -0.25) is 14.5 Å². The highest BCUT2D eigenvalue weighted by atomic mass is 16.5. The Labute approximate surface area is 101 Å². The third-order valence-corrected chi connectivity index (χ3v) is 3.54. The van der Waals surface area contributed by atoms with Crippen molar-refractivity contribution in [2.45, 2.75) is 44.1 Å². The van der Waals surface area contributed by atoms with Crippen LogP contribution in [0.4, 0.5) is 0 Å². The molecule has 1 aliphatic carbocycles. The highest BCUT2D eigenvalue weighted by Gasteiger charge is 2.36. The molecule has 5 nitrogen and oxygen atoms in total. The van der Waals surface area contributed by atoms with Gasteiger partial charge in [0, 0.05) is 0 Å². The molecular formula is C12H19NO4. The molecule has 0 aromatic heterocycles. The Morgan fingerprint density at radius 2 is 1.59 bits per heavy atom. The van der Waals surface area contributed by atoms with Gasteiger partial charge < -0.3 is 9.84 Å². The van der Waals surface area contributed by atoms with Crippen LogP contribution in [0.5, 0.6) is 0 Å². The van der Waals surface area contributed by atoms with Gasteiger partial charge in [-0.05, 0) is 12.8 Å². The van der Waals surface area contributed by atoms with E-state index >= 15 is 0 Å². The lowest BCUT2D eigenvalue weighted by Crippen LogP contribution is -2.53. The van der Waals surface area contributed by atoms with Crippen LogP contribution in [-0.2, 0) is 14.3 Å². The van der Waals surface area contributed by atoms with Crippen LogP contribution in [0.25, 0.3) is 0 Å². The predicted molar refractivity (Wildman–Crippen MR) is 60.2 cm³/mol. The summed E-state index contributed by atoms with van der Waals surface area (Å²) in [5.74, 6) is -0.669. The second-order valence-electron chi connectivity index (χ2n) is 5.00. The summed E-state index contributed by atoms with van der Waals surface area (Å²) in [5, 5.41) is 10.5. The van der Waals surface area contributed by atoms with Crippen LogP contribution in [-0.4, -0.2) is 47.2 Å². The molecule has 17 heavy (non-hydrogen) atoms. The zero-order chi connectivity index (χ0) is 12.3. The number of carbonyl (C=O) groups excluding carboxylic acids is 2. The summed E-state index contributed by atoms with van der Waals surface area (Å²) in [6.45, 7) is 0.0255. The van der Waals surface area contributed by atoms with Crippen LogP contribution in [0.2, 0.25) is 0 Å². The molecule has 96 valence electrons. The second kappa shape index (κ2) is 5.14. The molecule has 1 saturated heterocycles. The Bertz CT molecular complexity index is 292. The van der Waals surface area contributed by atoms with Gasteiger partial charge in [-0.15, -0.1) is 0 Å². The van der Waals surface area contributed by atoms with Gasteiger partial charge in [-0.25, -0.2) is 0 Å². The summed E-state index contributed by atoms with van der Waals surface area (Å²) in [7, 11) is 0. The lowest BCUT2D eigenvalue weighted by molar-refractivity contribution is -0.163. The molecule has 0 aromatic carbocycles. The molecule has 0 spiro atoms. The average Bonchev–Trinajstić information content (AvgIpc) is 2.49. The maximum absolute atomic E-state index is 11.6. The summed E-state index contributed by atoms with van der Waals surface area (Å²) < 4.78 is 4.85. The fourth-order valence-electron chi connectivity index (χ4n) is 2.54. The minimum Gasteiger partial charge on any atom is -0.388 e. The van der Waals surface area contributed by atoms with Crippen molar-refractivity contribution in [1.29, 1.82) is 0 Å². The first-order valence-electron chi connectivity index (χ1n) is 6.24. The molecule has 1 aliphatic heterocycles. The van der Waals surface area contributed by atoms with Gasteiger partial charge in [0.2, 0.25) is 0 Å². The fourth-order valence-corrected chi connectivity index (χ4v) is 2.54. The van der Waals surface area contributed by atoms with Gasteiger partial charge in [0.25, 0.3) is 11.8 Å². The first-order chi connectivity index (χ1) is 8.11. The second-order valence-corrected chi connectivity index (χ2v) is 5.00. The number of amides is 2. The molecule has 0 unspecified atom stereocenters. The van der Waals surface area contributed by atoms with Crippen molar-refractivity contribution >= 4 is 11.8 Å². The molecule has 0 radical (unpaired) electrons. The zero-order valence-electron chi connectivity index (χ0n) is 9.98. The molecule has 0 bridgehead atoms. The van der Waals surface area contributed by atoms with Gasteiger partial charge in [-0.2, -0.15) is 0 Å². The van der Waals surface area contributed by atoms with E-state index in [0.29, 0.717) is 12.8 Å². The van der Waals surface area contributed by atoms with E-state index in [0.717, 1.165) is 30.6 Å². The number of hydrogen-bond donors (Lipinski definition) is 1. The maximum Gasteiger partial charge on any atom is 0.255 e. The third-order valence-electron chi connectivity index (χ3n) is 3.54. The topological polar surface area (TPSA) is 66.8 Å². The van der Waals surface area contributed by atoms with E-state index in [2.05, 4.69) is 0 Å². The number of carbonyl (C=O) groups is 2. The first-order valence-corrected chi connectivity index (χ1v) is 6.24. The van der Waals surface area contributed by atoms with Crippen LogP contribution < -0.4 is 0 Å². The monoisotopic (exact) mass is 241 g/mol. The summed E-state index contributed by atoms with van der Waals surface area (Å²) >= 11 is 0. The average molecular weight is 241 g/mol. The standard InChI is InChI=1S/C12H19NO4/c14-10-7-17-8-11(15)13(10)9-12(16)5-3-1-2-4-6-12/h16H,1-9H2. The third kappa shape index (κ3) is 3.04. The van der Waals surface area contributed by atoms with E-state index in [4.69, 9.17) is 4.74 Å². The van der Waals surface area contributed by atoms with E-state index in [1.807, 2.05) is 0 Å². The Morgan fingerprint density at radius 1 is 1.06 bits per heavy atom. The van der Waals surface area contributed by atoms with Crippen molar-refractivity contribution in [3.05, 3.63) is 0 Å². The van der Waals surface area contributed by atoms with Crippen molar-refractivity contribution < 1.29 is 19.4 Å². The smallest absolute Gasteiger partial charge is 0.255 e. The summed E-state index contributed by atoms with van der Waals surface area (Å²) in [6.07, 6.45) is 5.50. The number of hydrogen-bond acceptors (Lipinski definition) is 4. The highest BCUT2D eigenvalue weighted by Crippen LogP contribution is 2.28. The number of nitrogens with zero attached hydrogens (tertiary/aromatic N) is 1. The number of β-amino-alcohol motifs (C(OH)–C–C–N with tert-alkyl or cyclic N) is 1. The number of morpholine rings is 1. The molecule has 0 aromatic rings. The summed E-state index contributed by atoms with van der Waals surface area (Å²) in [4.78, 5) is 24.3. The van der Waals surface area contributed by atoms with Crippen molar-refractivity contribution in [2.75, 3.05) is 19.8 Å². The van der Waals surface area contributed by atoms with Crippen molar-refractivity contribution in [1.82, 2.24) is 4.90 Å². The quantitative estimate of drug-likeness (QED) is 0.563. The van der Waals surface area contributed by atoms with Gasteiger partial charge >= 0.3 is 0 Å². The minimum absolute atomic E-state index is 0.0538. The Morgan fingerprint density at radius 3 is 2.12 bits per heavy atom. The van der Waals surface area contributed by atoms with Crippen molar-refractivity contribution in [3.63, 3.8) is 0 Å². The van der Waals surface area contributed by atoms with E-state index in [1.165, 1.54) is 0 Å². The van der Waals surface area contributed by atoms with E-state index in [9.17, 15) is 14.7 Å². The van der Waals surface area contributed by atoms with Crippen LogP contribution in [0.3, 0.4) is 0 Å². The molecule has 2 fully saturated rings. The molecule has 2 aliphatic rings. The minimum atomic E-state index is -0.890. The van der Waals surface area contributed by atoms with Gasteiger partial charge in [0.05, 0.1) is 12.1 Å². The van der Waals surface area contributed by atoms with Crippen LogP contribution in [0, 0.1) is 0 Å². The molecular weight excluding hydrogens is 222 g/mol. The molecule has 2 amide bonds. The molecule has 2 rings (SSSR count). The first kappa shape index (κ1) is 12.5. The van der Waals surface area contributed by atoms with Crippen molar-refractivity contribution in [3.8, 4) is 0 Å². The van der Waals surface area contributed by atoms with Crippen LogP contribution in [0.1, 0.15) is 38.5 Å². The molecule has 1 heterocycles. The van der Waals surface area contributed by atoms with Crippen molar-refractivity contribution in [2.24, 2.45) is 0 Å². The number of aliphatic hydroxyl groups is 1. The Hall–Kier alpha value is -0.940. The lowest BCUT2D eigenvalue weighted by Gasteiger charge is -2.34. The van der Waals surface area contributed by atoms with E-state index in [-0.39, 0.29) is 31.6 Å². The maximum atomic E-state index is 11.6. The van der Waals surface area contributed by atoms with Crippen LogP contribution in [0.15, 0.2) is 0 Å². The van der Waals surface area contributed by atoms with Gasteiger partial charge in [0.1, 0.15) is 13.2 Å². The predicted octanol–water partition coefficient (Wildman–Crippen LogP) is 0.457. The van der Waals surface area contributed by atoms with E-state index < -0.39 is 5.60 Å². The summed E-state index contributed by atoms with van der Waals surface area (Å²) in [6, 6.07) is 0. The molecule has 0 atom stereocenters. The normalized spacial score (nSPS) is 25.8. The van der Waals surface area contributed by atoms with Gasteiger partial charge in [0.15, 0.2) is 0 Å². The molecule has 5 heteroatoms. The lowest BCUT2D eigenvalue weighted by atomic mass is 9.93. The molecule has 1 N–H and O–H groups in total. The van der Waals surface area contributed by atoms with Crippen LogP contribution >= 0.6 is 0 Å². The van der Waals surface area contributed by atoms with E-state index in [1.54, 1.807) is 0 Å². The molecule has 1 saturated carbocycles. The highest BCUT2D eigenvalue weighted by molar-refractivity contribution is 5.98. The zero-order valence-corrected chi connectivity index (χ0v) is 9.98. The number of imide groups is 1. The Kier molecular flexibility index (Phi) is 3.79. The number of rotatable bonds is 2. The largest absolute Gasteiger partial charge is 0.388 e. The fraction of sp³-hybridized carbons (Fsp3) is 0.833.